The molecule has 0 aromatic rings. The van der Waals surface area contributed by atoms with Crippen LogP contribution >= 0.6 is 0 Å². The largest absolute Gasteiger partial charge is 1.00 e. The molecule has 0 heterocycles. The van der Waals surface area contributed by atoms with Gasteiger partial charge in [0.15, 0.2) is 0 Å². The van der Waals surface area contributed by atoms with Crippen molar-refractivity contribution in [3.05, 3.63) is 0 Å². The molecule has 0 atom stereocenters. The minimum atomic E-state index is 0. The van der Waals surface area contributed by atoms with Crippen LogP contribution in [0.25, 0.3) is 0 Å². The fraction of sp³-hybridized carbons (Fsp3) is 0. The van der Waals surface area contributed by atoms with Crippen LogP contribution in [-0.2, 0) is 37.1 Å². The quantitative estimate of drug-likeness (QED) is 0.363. The van der Waals surface area contributed by atoms with Crippen LogP contribution in [0.15, 0.2) is 0 Å². The number of hydrogen-bond donors (Lipinski definition) is 0. The van der Waals surface area contributed by atoms with Crippen molar-refractivity contribution in [2.75, 3.05) is 0 Å². The number of hydrogen-bond acceptors (Lipinski definition) is 0. The van der Waals surface area contributed by atoms with E-state index in [1.54, 1.807) is 0 Å². The van der Waals surface area contributed by atoms with Gasteiger partial charge in [0.05, 0.1) is 0 Å². The van der Waals surface area contributed by atoms with Crippen molar-refractivity contribution in [3.8, 4) is 0 Å². The van der Waals surface area contributed by atoms with Crippen molar-refractivity contribution in [2.24, 2.45) is 0 Å². The zero-order valence-electron chi connectivity index (χ0n) is 5.71. The molecule has 0 saturated heterocycles. The van der Waals surface area contributed by atoms with E-state index < -0.39 is 0 Å². The molecule has 0 nitrogen and oxygen atoms in total. The normalized spacial score (nSPS) is 0. The second-order valence-corrected chi connectivity index (χ2v) is 0. The molecule has 0 aliphatic heterocycles. The Morgan fingerprint density at radius 1 is 0.833 bits per heavy atom. The fourth-order valence-electron chi connectivity index (χ4n) is 0. The Hall–Kier alpha value is 4.30. The van der Waals surface area contributed by atoms with Crippen LogP contribution < -0.4 is 103 Å². The van der Waals surface area contributed by atoms with Crippen LogP contribution in [0.2, 0.25) is 0 Å². The molecule has 34 valence electrons. The second-order valence-electron chi connectivity index (χ2n) is 0. The van der Waals surface area contributed by atoms with Gasteiger partial charge in [0.1, 0.15) is 0 Å². The molecule has 0 spiro atoms. The third kappa shape index (κ3) is 23.9. The molecule has 0 unspecified atom stereocenters. The summed E-state index contributed by atoms with van der Waals surface area (Å²) in [7, 11) is 0. The molecule has 0 amide bonds. The minimum Gasteiger partial charge on any atom is -1.00 e. The van der Waals surface area contributed by atoms with Gasteiger partial charge in [0.2, 0.25) is 0 Å². The fourth-order valence-corrected chi connectivity index (χ4v) is 0. The van der Waals surface area contributed by atoms with Gasteiger partial charge in [-0.1, -0.05) is 0 Å². The Labute approximate surface area is 151 Å². The number of rotatable bonds is 0. The van der Waals surface area contributed by atoms with Gasteiger partial charge >= 0.3 is 103 Å². The van der Waals surface area contributed by atoms with E-state index in [9.17, 15) is 0 Å². The van der Waals surface area contributed by atoms with Crippen LogP contribution in [0.4, 0.5) is 9.41 Å². The van der Waals surface area contributed by atoms with Crippen molar-refractivity contribution in [2.45, 2.75) is 0 Å². The molecule has 0 aromatic heterocycles. The first-order valence-corrected chi connectivity index (χ1v) is 0. The van der Waals surface area contributed by atoms with E-state index >= 15 is 0 Å². The average molecular weight is 226 g/mol. The Balaban J connectivity index is 0. The SMILES string of the molecule is F.F.[H-].[H-].[HH].[HH].[K+].[K+].[V].[V]. The maximum absolute atomic E-state index is 0. The van der Waals surface area contributed by atoms with Gasteiger partial charge in [-0.25, -0.2) is 0 Å². The van der Waals surface area contributed by atoms with Gasteiger partial charge < -0.3 is 2.85 Å². The Morgan fingerprint density at radius 3 is 0.833 bits per heavy atom. The van der Waals surface area contributed by atoms with Gasteiger partial charge in [-0.15, -0.1) is 0 Å². The van der Waals surface area contributed by atoms with Crippen LogP contribution in [0.5, 0.6) is 0 Å². The summed E-state index contributed by atoms with van der Waals surface area (Å²) in [6.07, 6.45) is 0. The molecule has 6 heteroatoms. The van der Waals surface area contributed by atoms with Gasteiger partial charge in [-0.05, 0) is 0 Å². The van der Waals surface area contributed by atoms with E-state index in [0.29, 0.717) is 0 Å². The van der Waals surface area contributed by atoms with E-state index in [-0.39, 0.29) is 155 Å². The van der Waals surface area contributed by atoms with Crippen LogP contribution in [0, 0.1) is 0 Å². The molecule has 0 bridgehead atoms. The van der Waals surface area contributed by atoms with Gasteiger partial charge in [-0.2, -0.15) is 0 Å². The predicted molar refractivity (Wildman–Crippen MR) is 11.5 cm³/mol. The van der Waals surface area contributed by atoms with Gasteiger partial charge in [-0.3, -0.25) is 9.41 Å². The van der Waals surface area contributed by atoms with Gasteiger partial charge in [0.25, 0.3) is 0 Å². The summed E-state index contributed by atoms with van der Waals surface area (Å²) in [5, 5.41) is 0. The summed E-state index contributed by atoms with van der Waals surface area (Å²) in [5.74, 6) is 0. The van der Waals surface area contributed by atoms with Crippen molar-refractivity contribution in [3.63, 3.8) is 0 Å². The first-order chi connectivity index (χ1) is 0. The summed E-state index contributed by atoms with van der Waals surface area (Å²) < 4.78 is 0. The first kappa shape index (κ1) is 48.2. The van der Waals surface area contributed by atoms with E-state index in [1.807, 2.05) is 0 Å². The molecule has 0 rings (SSSR count). The molecule has 6 heavy (non-hydrogen) atoms. The van der Waals surface area contributed by atoms with E-state index in [0.717, 1.165) is 0 Å². The molecule has 0 aromatic carbocycles. The predicted octanol–water partition coefficient (Wildman–Crippen LogP) is -4.97. The Bertz CT molecular complexity index is 19.2. The molecule has 0 saturated carbocycles. The maximum atomic E-state index is 0. The summed E-state index contributed by atoms with van der Waals surface area (Å²) in [5.41, 5.74) is 0. The monoisotopic (exact) mass is 226 g/mol. The van der Waals surface area contributed by atoms with E-state index in [2.05, 4.69) is 0 Å². The maximum Gasteiger partial charge on any atom is 1.00 e. The Kier molecular flexibility index (Phi) is 278. The smallest absolute Gasteiger partial charge is 1.00 e. The van der Waals surface area contributed by atoms with E-state index in [1.165, 1.54) is 0 Å². The van der Waals surface area contributed by atoms with Crippen LogP contribution in [0.3, 0.4) is 0 Å². The molecule has 0 aliphatic carbocycles. The average Bonchev–Trinajstić information content (AvgIpc) is 0. The standard InChI is InChI=1S/2FH.2K.2V.2H2.2H/h2*1H;;;;;2*1H;;/q;;2*+1;;;;;2*-1. The zero-order chi connectivity index (χ0) is 0. The third-order valence-corrected chi connectivity index (χ3v) is 0. The second kappa shape index (κ2) is 34.6. The molecule has 2 radical (unpaired) electrons. The van der Waals surface area contributed by atoms with E-state index in [4.69, 9.17) is 0 Å². The van der Waals surface area contributed by atoms with Crippen molar-refractivity contribution in [1.82, 2.24) is 0 Å². The molecule has 0 aliphatic rings. The number of halogens is 2. The zero-order valence-corrected chi connectivity index (χ0v) is 12.8. The molecular weight excluding hydrogens is 218 g/mol. The third-order valence-electron chi connectivity index (χ3n) is 0. The van der Waals surface area contributed by atoms with Crippen molar-refractivity contribution >= 4 is 0 Å². The minimum absolute atomic E-state index is 0. The summed E-state index contributed by atoms with van der Waals surface area (Å²) in [6.45, 7) is 0. The van der Waals surface area contributed by atoms with Crippen molar-refractivity contribution < 1.29 is 155 Å². The molecule has 0 N–H and O–H groups in total. The summed E-state index contributed by atoms with van der Waals surface area (Å²) in [4.78, 5) is 0. The van der Waals surface area contributed by atoms with Crippen LogP contribution in [0.1, 0.15) is 5.71 Å². The molecular formula is H8F2K2V2. The summed E-state index contributed by atoms with van der Waals surface area (Å²) in [6, 6.07) is 0. The molecule has 0 fully saturated rings. The van der Waals surface area contributed by atoms with Crippen LogP contribution in [-0.4, -0.2) is 0 Å². The van der Waals surface area contributed by atoms with Crippen molar-refractivity contribution in [1.29, 1.82) is 0 Å². The first-order valence-electron chi connectivity index (χ1n) is 0. The topological polar surface area (TPSA) is 0 Å². The van der Waals surface area contributed by atoms with Gasteiger partial charge in [0, 0.05) is 40.0 Å². The Morgan fingerprint density at radius 2 is 0.833 bits per heavy atom. The summed E-state index contributed by atoms with van der Waals surface area (Å²) >= 11 is 0.